The van der Waals surface area contributed by atoms with Gasteiger partial charge in [0.15, 0.2) is 0 Å². The van der Waals surface area contributed by atoms with Gasteiger partial charge >= 0.3 is 12.5 Å². The summed E-state index contributed by atoms with van der Waals surface area (Å²) in [6.45, 7) is 0. The second kappa shape index (κ2) is 4.67. The van der Waals surface area contributed by atoms with Crippen molar-refractivity contribution in [3.8, 4) is 5.75 Å². The SMILES string of the molecule is CSc1c(OC(F)(F)F)cccc1C(F)(F)F. The molecule has 0 bridgehead atoms. The first kappa shape index (κ1) is 14.0. The predicted molar refractivity (Wildman–Crippen MR) is 49.9 cm³/mol. The van der Waals surface area contributed by atoms with Crippen LogP contribution in [0.1, 0.15) is 5.56 Å². The van der Waals surface area contributed by atoms with E-state index in [2.05, 4.69) is 4.74 Å². The monoisotopic (exact) mass is 276 g/mol. The molecule has 1 aromatic rings. The van der Waals surface area contributed by atoms with Crippen molar-refractivity contribution in [2.24, 2.45) is 0 Å². The van der Waals surface area contributed by atoms with Crippen molar-refractivity contribution in [2.75, 3.05) is 6.26 Å². The van der Waals surface area contributed by atoms with Crippen molar-refractivity contribution in [3.05, 3.63) is 23.8 Å². The molecule has 1 nitrogen and oxygen atoms in total. The number of alkyl halides is 6. The lowest BCUT2D eigenvalue weighted by atomic mass is 10.2. The molecular formula is C9H6F6OS. The highest BCUT2D eigenvalue weighted by atomic mass is 32.2. The third-order valence-corrected chi connectivity index (χ3v) is 2.54. The van der Waals surface area contributed by atoms with E-state index in [9.17, 15) is 26.3 Å². The summed E-state index contributed by atoms with van der Waals surface area (Å²) in [5, 5.41) is 0. The van der Waals surface area contributed by atoms with E-state index in [0.29, 0.717) is 17.8 Å². The van der Waals surface area contributed by atoms with E-state index in [4.69, 9.17) is 0 Å². The smallest absolute Gasteiger partial charge is 0.405 e. The van der Waals surface area contributed by atoms with Gasteiger partial charge in [-0.15, -0.1) is 24.9 Å². The quantitative estimate of drug-likeness (QED) is 0.587. The molecule has 0 amide bonds. The van der Waals surface area contributed by atoms with Gasteiger partial charge in [0.25, 0.3) is 0 Å². The van der Waals surface area contributed by atoms with Crippen LogP contribution in [0.25, 0.3) is 0 Å². The van der Waals surface area contributed by atoms with Gasteiger partial charge in [0.1, 0.15) is 5.75 Å². The summed E-state index contributed by atoms with van der Waals surface area (Å²) in [5.41, 5.74) is -1.15. The molecule has 0 saturated carbocycles. The summed E-state index contributed by atoms with van der Waals surface area (Å²) in [6, 6.07) is 2.41. The van der Waals surface area contributed by atoms with Crippen LogP contribution in [-0.2, 0) is 6.18 Å². The maximum atomic E-state index is 12.5. The molecule has 17 heavy (non-hydrogen) atoms. The molecule has 1 rings (SSSR count). The zero-order valence-corrected chi connectivity index (χ0v) is 9.13. The molecular weight excluding hydrogens is 270 g/mol. The van der Waals surface area contributed by atoms with Crippen LogP contribution in [0.5, 0.6) is 5.75 Å². The highest BCUT2D eigenvalue weighted by molar-refractivity contribution is 7.98. The molecule has 0 radical (unpaired) electrons. The molecule has 0 saturated heterocycles. The Morgan fingerprint density at radius 1 is 1.06 bits per heavy atom. The Labute approximate surface area is 96.8 Å². The molecule has 0 N–H and O–H groups in total. The molecule has 0 fully saturated rings. The van der Waals surface area contributed by atoms with Crippen molar-refractivity contribution in [2.45, 2.75) is 17.4 Å². The van der Waals surface area contributed by atoms with Gasteiger partial charge in [-0.2, -0.15) is 13.2 Å². The van der Waals surface area contributed by atoms with E-state index in [0.717, 1.165) is 12.1 Å². The number of thioether (sulfide) groups is 1. The minimum absolute atomic E-state index is 0.545. The molecule has 0 aliphatic carbocycles. The summed E-state index contributed by atoms with van der Waals surface area (Å²) in [4.78, 5) is -0.586. The maximum Gasteiger partial charge on any atom is 0.573 e. The van der Waals surface area contributed by atoms with Crippen LogP contribution in [0.4, 0.5) is 26.3 Å². The third-order valence-electron chi connectivity index (χ3n) is 1.71. The fourth-order valence-corrected chi connectivity index (χ4v) is 1.87. The van der Waals surface area contributed by atoms with Gasteiger partial charge < -0.3 is 4.74 Å². The maximum absolute atomic E-state index is 12.5. The number of rotatable bonds is 2. The minimum Gasteiger partial charge on any atom is -0.405 e. The lowest BCUT2D eigenvalue weighted by molar-refractivity contribution is -0.275. The van der Waals surface area contributed by atoms with Gasteiger partial charge in [0, 0.05) is 0 Å². The van der Waals surface area contributed by atoms with Gasteiger partial charge in [0.2, 0.25) is 0 Å². The van der Waals surface area contributed by atoms with Crippen LogP contribution in [0, 0.1) is 0 Å². The number of hydrogen-bond donors (Lipinski definition) is 0. The largest absolute Gasteiger partial charge is 0.573 e. The summed E-state index contributed by atoms with van der Waals surface area (Å²) in [6.07, 6.45) is -8.49. The first-order chi connectivity index (χ1) is 7.65. The zero-order chi connectivity index (χ0) is 13.3. The Hall–Kier alpha value is -1.05. The normalized spacial score (nSPS) is 12.6. The van der Waals surface area contributed by atoms with Gasteiger partial charge in [-0.1, -0.05) is 6.07 Å². The van der Waals surface area contributed by atoms with E-state index in [-0.39, 0.29) is 0 Å². The predicted octanol–water partition coefficient (Wildman–Crippen LogP) is 4.33. The van der Waals surface area contributed by atoms with Gasteiger partial charge in [-0.3, -0.25) is 0 Å². The second-order valence-corrected chi connectivity index (χ2v) is 3.70. The molecule has 96 valence electrons. The van der Waals surface area contributed by atoms with Gasteiger partial charge in [-0.05, 0) is 18.4 Å². The van der Waals surface area contributed by atoms with E-state index in [1.54, 1.807) is 0 Å². The molecule has 0 atom stereocenters. The lowest BCUT2D eigenvalue weighted by Crippen LogP contribution is -2.18. The molecule has 0 aliphatic rings. The fraction of sp³-hybridized carbons (Fsp3) is 0.333. The first-order valence-electron chi connectivity index (χ1n) is 4.15. The Bertz CT molecular complexity index is 397. The average molecular weight is 276 g/mol. The molecule has 0 spiro atoms. The minimum atomic E-state index is -5.02. The Balaban J connectivity index is 3.24. The molecule has 1 aromatic carbocycles. The topological polar surface area (TPSA) is 9.23 Å². The van der Waals surface area contributed by atoms with Crippen molar-refractivity contribution in [1.82, 2.24) is 0 Å². The summed E-state index contributed by atoms with van der Waals surface area (Å²) >= 11 is 0.545. The van der Waals surface area contributed by atoms with Crippen LogP contribution >= 0.6 is 11.8 Å². The Kier molecular flexibility index (Phi) is 3.85. The van der Waals surface area contributed by atoms with E-state index in [1.807, 2.05) is 0 Å². The number of benzene rings is 1. The Morgan fingerprint density at radius 2 is 1.65 bits per heavy atom. The summed E-state index contributed by atoms with van der Waals surface area (Å²) < 4.78 is 77.0. The fourth-order valence-electron chi connectivity index (χ4n) is 1.15. The average Bonchev–Trinajstić information content (AvgIpc) is 2.13. The first-order valence-corrected chi connectivity index (χ1v) is 5.37. The van der Waals surface area contributed by atoms with Crippen molar-refractivity contribution in [1.29, 1.82) is 0 Å². The number of halogens is 6. The highest BCUT2D eigenvalue weighted by Crippen LogP contribution is 2.42. The van der Waals surface area contributed by atoms with Crippen LogP contribution < -0.4 is 4.74 Å². The molecule has 0 unspecified atom stereocenters. The van der Waals surface area contributed by atoms with Crippen molar-refractivity contribution >= 4 is 11.8 Å². The Morgan fingerprint density at radius 3 is 2.06 bits per heavy atom. The number of hydrogen-bond acceptors (Lipinski definition) is 2. The zero-order valence-electron chi connectivity index (χ0n) is 8.32. The van der Waals surface area contributed by atoms with E-state index in [1.165, 1.54) is 6.26 Å². The molecule has 8 heteroatoms. The van der Waals surface area contributed by atoms with Crippen LogP contribution in [0.3, 0.4) is 0 Å². The van der Waals surface area contributed by atoms with Crippen molar-refractivity contribution in [3.63, 3.8) is 0 Å². The van der Waals surface area contributed by atoms with Crippen molar-refractivity contribution < 1.29 is 31.1 Å². The van der Waals surface area contributed by atoms with Crippen LogP contribution in [0.15, 0.2) is 23.1 Å². The molecule has 0 aromatic heterocycles. The molecule has 0 aliphatic heterocycles. The molecule has 0 heterocycles. The van der Waals surface area contributed by atoms with Crippen LogP contribution in [-0.4, -0.2) is 12.6 Å². The van der Waals surface area contributed by atoms with Gasteiger partial charge in [-0.25, -0.2) is 0 Å². The van der Waals surface area contributed by atoms with E-state index < -0.39 is 28.7 Å². The second-order valence-electron chi connectivity index (χ2n) is 2.88. The lowest BCUT2D eigenvalue weighted by Gasteiger charge is -2.16. The standard InChI is InChI=1S/C9H6F6OS/c1-17-7-5(8(10,11)12)3-2-4-6(7)16-9(13,14)15/h2-4H,1H3. The summed E-state index contributed by atoms with van der Waals surface area (Å²) in [5.74, 6) is -0.847. The highest BCUT2D eigenvalue weighted by Gasteiger charge is 2.37. The van der Waals surface area contributed by atoms with E-state index >= 15 is 0 Å². The number of ether oxygens (including phenoxy) is 1. The third kappa shape index (κ3) is 3.72. The summed E-state index contributed by atoms with van der Waals surface area (Å²) in [7, 11) is 0. The van der Waals surface area contributed by atoms with Crippen LogP contribution in [0.2, 0.25) is 0 Å². The van der Waals surface area contributed by atoms with Gasteiger partial charge in [0.05, 0.1) is 10.5 Å².